The number of aromatic nitrogens is 1. The fourth-order valence-electron chi connectivity index (χ4n) is 1.77. The Morgan fingerprint density at radius 3 is 2.60 bits per heavy atom. The Bertz CT molecular complexity index is 626. The molecule has 0 unspecified atom stereocenters. The van der Waals surface area contributed by atoms with E-state index in [1.165, 1.54) is 0 Å². The number of ether oxygens (including phenoxy) is 2. The van der Waals surface area contributed by atoms with E-state index in [4.69, 9.17) is 9.47 Å². The molecule has 0 aliphatic rings. The summed E-state index contributed by atoms with van der Waals surface area (Å²) in [5, 5.41) is 2.77. The van der Waals surface area contributed by atoms with Crippen molar-refractivity contribution in [1.29, 1.82) is 0 Å². The van der Waals surface area contributed by atoms with Gasteiger partial charge in [-0.05, 0) is 31.2 Å². The van der Waals surface area contributed by atoms with Crippen molar-refractivity contribution in [2.45, 2.75) is 6.92 Å². The number of pyridine rings is 1. The number of hydrogen-bond donors (Lipinski definition) is 1. The topological polar surface area (TPSA) is 60.5 Å². The zero-order chi connectivity index (χ0) is 14.5. The fraction of sp³-hybridized carbons (Fsp3) is 0.200. The smallest absolute Gasteiger partial charge is 0.274 e. The number of aryl methyl sites for hydroxylation is 1. The average molecular weight is 272 g/mol. The van der Waals surface area contributed by atoms with Gasteiger partial charge in [0.05, 0.1) is 19.9 Å². The summed E-state index contributed by atoms with van der Waals surface area (Å²) in [7, 11) is 3.11. The van der Waals surface area contributed by atoms with E-state index in [-0.39, 0.29) is 5.91 Å². The van der Waals surface area contributed by atoms with Crippen LogP contribution >= 0.6 is 0 Å². The van der Waals surface area contributed by atoms with Crippen LogP contribution in [-0.2, 0) is 0 Å². The summed E-state index contributed by atoms with van der Waals surface area (Å²) in [6, 6.07) is 10.5. The van der Waals surface area contributed by atoms with E-state index in [0.29, 0.717) is 22.9 Å². The molecule has 0 saturated carbocycles. The van der Waals surface area contributed by atoms with Gasteiger partial charge in [0.25, 0.3) is 5.91 Å². The summed E-state index contributed by atoms with van der Waals surface area (Å²) in [5.74, 6) is 0.908. The van der Waals surface area contributed by atoms with Crippen molar-refractivity contribution in [3.8, 4) is 11.5 Å². The Kier molecular flexibility index (Phi) is 4.20. The summed E-state index contributed by atoms with van der Waals surface area (Å²) in [6.07, 6.45) is 0. The first-order chi connectivity index (χ1) is 9.63. The van der Waals surface area contributed by atoms with E-state index in [2.05, 4.69) is 10.3 Å². The predicted molar refractivity (Wildman–Crippen MR) is 76.5 cm³/mol. The number of methoxy groups -OCH3 is 2. The van der Waals surface area contributed by atoms with E-state index in [1.54, 1.807) is 44.6 Å². The highest BCUT2D eigenvalue weighted by atomic mass is 16.5. The molecule has 2 aromatic rings. The summed E-state index contributed by atoms with van der Waals surface area (Å²) < 4.78 is 10.4. The van der Waals surface area contributed by atoms with Crippen LogP contribution in [-0.4, -0.2) is 25.1 Å². The largest absolute Gasteiger partial charge is 0.497 e. The van der Waals surface area contributed by atoms with Crippen LogP contribution < -0.4 is 14.8 Å². The summed E-state index contributed by atoms with van der Waals surface area (Å²) in [5.41, 5.74) is 1.69. The number of anilines is 1. The fourth-order valence-corrected chi connectivity index (χ4v) is 1.77. The van der Waals surface area contributed by atoms with Crippen LogP contribution in [0.4, 0.5) is 5.69 Å². The highest BCUT2D eigenvalue weighted by Gasteiger charge is 2.12. The van der Waals surface area contributed by atoms with Crippen molar-refractivity contribution in [3.05, 3.63) is 47.8 Å². The van der Waals surface area contributed by atoms with Crippen molar-refractivity contribution < 1.29 is 14.3 Å². The van der Waals surface area contributed by atoms with Crippen molar-refractivity contribution in [2.75, 3.05) is 19.5 Å². The standard InChI is InChI=1S/C15H16N2O3/c1-10-5-4-6-12(16-10)15(18)17-13-9-11(19-2)7-8-14(13)20-3/h4-9H,1-3H3,(H,17,18). The van der Waals surface area contributed by atoms with Gasteiger partial charge in [0.2, 0.25) is 0 Å². The third kappa shape index (κ3) is 3.06. The normalized spacial score (nSPS) is 9.95. The number of rotatable bonds is 4. The van der Waals surface area contributed by atoms with Crippen molar-refractivity contribution in [2.24, 2.45) is 0 Å². The third-order valence-corrected chi connectivity index (χ3v) is 2.78. The van der Waals surface area contributed by atoms with Gasteiger partial charge in [0.15, 0.2) is 0 Å². The van der Waals surface area contributed by atoms with E-state index in [1.807, 2.05) is 13.0 Å². The minimum absolute atomic E-state index is 0.291. The van der Waals surface area contributed by atoms with E-state index < -0.39 is 0 Å². The van der Waals surface area contributed by atoms with Crippen LogP contribution in [0.5, 0.6) is 11.5 Å². The van der Waals surface area contributed by atoms with Crippen LogP contribution in [0.1, 0.15) is 16.2 Å². The molecule has 0 aliphatic carbocycles. The molecule has 5 nitrogen and oxygen atoms in total. The Balaban J connectivity index is 2.27. The number of nitrogens with zero attached hydrogens (tertiary/aromatic N) is 1. The molecule has 1 aromatic carbocycles. The molecule has 0 spiro atoms. The molecule has 0 aliphatic heterocycles. The molecule has 0 fully saturated rings. The Morgan fingerprint density at radius 1 is 1.15 bits per heavy atom. The number of carbonyl (C=O) groups excluding carboxylic acids is 1. The van der Waals surface area contributed by atoms with Crippen molar-refractivity contribution >= 4 is 11.6 Å². The molecular formula is C15H16N2O3. The molecule has 1 N–H and O–H groups in total. The second-order valence-electron chi connectivity index (χ2n) is 4.18. The number of hydrogen-bond acceptors (Lipinski definition) is 4. The lowest BCUT2D eigenvalue weighted by molar-refractivity contribution is 0.102. The molecule has 1 aromatic heterocycles. The molecule has 0 bridgehead atoms. The number of amides is 1. The van der Waals surface area contributed by atoms with Gasteiger partial charge in [-0.15, -0.1) is 0 Å². The number of benzene rings is 1. The molecule has 1 amide bonds. The second kappa shape index (κ2) is 6.06. The molecule has 2 rings (SSSR count). The predicted octanol–water partition coefficient (Wildman–Crippen LogP) is 2.66. The van der Waals surface area contributed by atoms with Gasteiger partial charge in [0, 0.05) is 11.8 Å². The maximum absolute atomic E-state index is 12.2. The van der Waals surface area contributed by atoms with Gasteiger partial charge in [0.1, 0.15) is 17.2 Å². The first-order valence-electron chi connectivity index (χ1n) is 6.11. The quantitative estimate of drug-likeness (QED) is 0.929. The van der Waals surface area contributed by atoms with Gasteiger partial charge in [-0.1, -0.05) is 6.07 Å². The summed E-state index contributed by atoms with van der Waals surface area (Å²) in [4.78, 5) is 16.3. The van der Waals surface area contributed by atoms with E-state index in [9.17, 15) is 4.79 Å². The lowest BCUT2D eigenvalue weighted by Crippen LogP contribution is -2.14. The number of nitrogens with one attached hydrogen (secondary N) is 1. The highest BCUT2D eigenvalue weighted by molar-refractivity contribution is 6.03. The van der Waals surface area contributed by atoms with E-state index >= 15 is 0 Å². The van der Waals surface area contributed by atoms with Crippen LogP contribution in [0.2, 0.25) is 0 Å². The first-order valence-corrected chi connectivity index (χ1v) is 6.11. The first kappa shape index (κ1) is 13.9. The molecule has 0 radical (unpaired) electrons. The van der Waals surface area contributed by atoms with Crippen LogP contribution in [0.25, 0.3) is 0 Å². The average Bonchev–Trinajstić information content (AvgIpc) is 2.47. The maximum Gasteiger partial charge on any atom is 0.274 e. The van der Waals surface area contributed by atoms with Gasteiger partial charge in [-0.3, -0.25) is 4.79 Å². The molecule has 104 valence electrons. The molecular weight excluding hydrogens is 256 g/mol. The lowest BCUT2D eigenvalue weighted by Gasteiger charge is -2.11. The Morgan fingerprint density at radius 2 is 1.95 bits per heavy atom. The summed E-state index contributed by atoms with van der Waals surface area (Å²) in [6.45, 7) is 1.84. The van der Waals surface area contributed by atoms with Gasteiger partial charge in [-0.2, -0.15) is 0 Å². The number of carbonyl (C=O) groups is 1. The lowest BCUT2D eigenvalue weighted by atomic mass is 10.2. The minimum atomic E-state index is -0.291. The van der Waals surface area contributed by atoms with Gasteiger partial charge < -0.3 is 14.8 Å². The molecule has 20 heavy (non-hydrogen) atoms. The Labute approximate surface area is 117 Å². The highest BCUT2D eigenvalue weighted by Crippen LogP contribution is 2.29. The molecule has 0 saturated heterocycles. The van der Waals surface area contributed by atoms with E-state index in [0.717, 1.165) is 5.69 Å². The Hall–Kier alpha value is -2.56. The maximum atomic E-state index is 12.2. The summed E-state index contributed by atoms with van der Waals surface area (Å²) >= 11 is 0. The van der Waals surface area contributed by atoms with Crippen LogP contribution in [0.15, 0.2) is 36.4 Å². The zero-order valence-electron chi connectivity index (χ0n) is 11.6. The van der Waals surface area contributed by atoms with Crippen molar-refractivity contribution in [1.82, 2.24) is 4.98 Å². The second-order valence-corrected chi connectivity index (χ2v) is 4.18. The SMILES string of the molecule is COc1ccc(OC)c(NC(=O)c2cccc(C)n2)c1. The van der Waals surface area contributed by atoms with Crippen LogP contribution in [0.3, 0.4) is 0 Å². The molecule has 1 heterocycles. The van der Waals surface area contributed by atoms with Crippen molar-refractivity contribution in [3.63, 3.8) is 0 Å². The molecule has 0 atom stereocenters. The third-order valence-electron chi connectivity index (χ3n) is 2.78. The minimum Gasteiger partial charge on any atom is -0.497 e. The molecule has 5 heteroatoms. The van der Waals surface area contributed by atoms with Crippen LogP contribution in [0, 0.1) is 6.92 Å². The zero-order valence-corrected chi connectivity index (χ0v) is 11.6. The monoisotopic (exact) mass is 272 g/mol. The van der Waals surface area contributed by atoms with Gasteiger partial charge in [-0.25, -0.2) is 4.98 Å². The van der Waals surface area contributed by atoms with Gasteiger partial charge >= 0.3 is 0 Å².